The third-order valence-corrected chi connectivity index (χ3v) is 8.44. The molecule has 1 fully saturated rings. The smallest absolute Gasteiger partial charge is 0.329 e. The highest BCUT2D eigenvalue weighted by Gasteiger charge is 2.67. The van der Waals surface area contributed by atoms with Crippen LogP contribution in [-0.4, -0.2) is 51.6 Å². The highest BCUT2D eigenvalue weighted by Crippen LogP contribution is 2.56. The Labute approximate surface area is 242 Å². The Kier molecular flexibility index (Phi) is 7.43. The van der Waals surface area contributed by atoms with E-state index >= 15 is 0 Å². The van der Waals surface area contributed by atoms with Crippen LogP contribution in [0.3, 0.4) is 0 Å². The van der Waals surface area contributed by atoms with Gasteiger partial charge in [0.25, 0.3) is 0 Å². The summed E-state index contributed by atoms with van der Waals surface area (Å²) >= 11 is 3.51. The molecule has 8 heteroatoms. The Hall–Kier alpha value is -4.09. The molecule has 1 saturated heterocycles. The summed E-state index contributed by atoms with van der Waals surface area (Å²) in [5.74, 6) is -1.06. The fourth-order valence-corrected chi connectivity index (χ4v) is 6.50. The van der Waals surface area contributed by atoms with Gasteiger partial charge in [0.05, 0.1) is 30.3 Å². The van der Waals surface area contributed by atoms with Crippen molar-refractivity contribution in [1.82, 2.24) is 0 Å². The van der Waals surface area contributed by atoms with Crippen molar-refractivity contribution in [3.05, 3.63) is 94.0 Å². The van der Waals surface area contributed by atoms with Crippen LogP contribution in [0.15, 0.2) is 77.3 Å². The zero-order valence-corrected chi connectivity index (χ0v) is 24.4. The zero-order valence-electron chi connectivity index (χ0n) is 22.8. The van der Waals surface area contributed by atoms with Gasteiger partial charge in [0.1, 0.15) is 11.8 Å². The maximum Gasteiger partial charge on any atom is 0.329 e. The lowest BCUT2D eigenvalue weighted by atomic mass is 9.68. The first-order valence-corrected chi connectivity index (χ1v) is 13.9. The first-order valence-electron chi connectivity index (χ1n) is 13.1. The molecule has 7 nitrogen and oxygen atoms in total. The molecule has 0 radical (unpaired) electrons. The number of Topliss-reactive ketones (excluding diaryl/α,β-unsaturated/α-hetero) is 1. The van der Waals surface area contributed by atoms with Gasteiger partial charge in [0.15, 0.2) is 11.2 Å². The molecule has 3 aromatic rings. The van der Waals surface area contributed by atoms with E-state index in [4.69, 9.17) is 9.47 Å². The first-order chi connectivity index (χ1) is 19.3. The second kappa shape index (κ2) is 10.8. The average molecular weight is 601 g/mol. The molecule has 3 aromatic carbocycles. The van der Waals surface area contributed by atoms with Gasteiger partial charge in [-0.3, -0.25) is 9.59 Å². The van der Waals surface area contributed by atoms with Crippen molar-refractivity contribution < 1.29 is 19.1 Å². The molecule has 0 spiro atoms. The minimum atomic E-state index is -1.68. The molecule has 0 amide bonds. The third kappa shape index (κ3) is 4.25. The van der Waals surface area contributed by atoms with Crippen molar-refractivity contribution in [2.24, 2.45) is 5.41 Å². The number of carbonyl (C=O) groups excluding carboxylic acids is 2. The van der Waals surface area contributed by atoms with Crippen LogP contribution in [0.1, 0.15) is 34.3 Å². The predicted molar refractivity (Wildman–Crippen MR) is 159 cm³/mol. The van der Waals surface area contributed by atoms with Gasteiger partial charge in [0.2, 0.25) is 0 Å². The minimum absolute atomic E-state index is 0.117. The molecule has 40 heavy (non-hydrogen) atoms. The van der Waals surface area contributed by atoms with Crippen molar-refractivity contribution >= 4 is 45.1 Å². The van der Waals surface area contributed by atoms with Gasteiger partial charge in [0, 0.05) is 37.0 Å². The number of anilines is 2. The number of methoxy groups -OCH3 is 1. The largest absolute Gasteiger partial charge is 0.496 e. The molecular formula is C32H30BrN3O4. The molecule has 0 bridgehead atoms. The standard InChI is InChI=1S/C32H30BrN3O4/c1-5-40-31(38)32(19-34)27-17-13-20-8-6-7-9-25(20)36(27)29(28(32)21-10-14-23(15-11-21)35(2)3)30(37)22-12-16-26(39-4)24(33)18-22/h6-18,27-29H,5H2,1-4H3/t27-,28-,29-,32-/m0/s1. The van der Waals surface area contributed by atoms with Crippen LogP contribution in [0.4, 0.5) is 11.4 Å². The van der Waals surface area contributed by atoms with Gasteiger partial charge in [-0.25, -0.2) is 0 Å². The zero-order chi connectivity index (χ0) is 28.6. The number of benzene rings is 3. The van der Waals surface area contributed by atoms with Gasteiger partial charge >= 0.3 is 5.97 Å². The van der Waals surface area contributed by atoms with Gasteiger partial charge in [-0.1, -0.05) is 42.5 Å². The number of hydrogen-bond donors (Lipinski definition) is 0. The number of ether oxygens (including phenoxy) is 2. The van der Waals surface area contributed by atoms with Crippen molar-refractivity contribution in [3.63, 3.8) is 0 Å². The summed E-state index contributed by atoms with van der Waals surface area (Å²) in [5, 5.41) is 10.9. The van der Waals surface area contributed by atoms with E-state index in [-0.39, 0.29) is 12.4 Å². The molecule has 5 rings (SSSR count). The first kappa shape index (κ1) is 27.5. The van der Waals surface area contributed by atoms with E-state index in [2.05, 4.69) is 22.0 Å². The van der Waals surface area contributed by atoms with E-state index < -0.39 is 29.4 Å². The Morgan fingerprint density at radius 3 is 2.45 bits per heavy atom. The molecule has 0 aliphatic carbocycles. The lowest BCUT2D eigenvalue weighted by Gasteiger charge is -2.36. The summed E-state index contributed by atoms with van der Waals surface area (Å²) < 4.78 is 11.6. The maximum atomic E-state index is 14.6. The summed E-state index contributed by atoms with van der Waals surface area (Å²) in [4.78, 5) is 32.4. The van der Waals surface area contributed by atoms with Gasteiger partial charge in [-0.05, 0) is 70.4 Å². The molecule has 2 aliphatic rings. The number of ketones is 1. The van der Waals surface area contributed by atoms with E-state index in [0.717, 1.165) is 16.9 Å². The number of fused-ring (bicyclic) bond motifs is 3. The Morgan fingerprint density at radius 2 is 1.82 bits per heavy atom. The van der Waals surface area contributed by atoms with E-state index in [1.165, 1.54) is 0 Å². The fraction of sp³-hybridized carbons (Fsp3) is 0.281. The molecule has 2 aliphatic heterocycles. The predicted octanol–water partition coefficient (Wildman–Crippen LogP) is 5.85. The highest BCUT2D eigenvalue weighted by molar-refractivity contribution is 9.10. The number of esters is 1. The van der Waals surface area contributed by atoms with Crippen LogP contribution in [0.25, 0.3) is 6.08 Å². The second-order valence-corrected chi connectivity index (χ2v) is 10.9. The normalized spacial score (nSPS) is 22.6. The Bertz CT molecular complexity index is 1530. The third-order valence-electron chi connectivity index (χ3n) is 7.82. The molecule has 0 unspecified atom stereocenters. The number of halogens is 1. The fourth-order valence-electron chi connectivity index (χ4n) is 5.96. The minimum Gasteiger partial charge on any atom is -0.496 e. The van der Waals surface area contributed by atoms with Crippen LogP contribution in [0, 0.1) is 16.7 Å². The van der Waals surface area contributed by atoms with E-state index in [9.17, 15) is 14.9 Å². The lowest BCUT2D eigenvalue weighted by molar-refractivity contribution is -0.152. The van der Waals surface area contributed by atoms with Crippen LogP contribution in [-0.2, 0) is 9.53 Å². The molecule has 2 heterocycles. The monoisotopic (exact) mass is 599 g/mol. The number of carbonyl (C=O) groups is 2. The quantitative estimate of drug-likeness (QED) is 0.249. The Balaban J connectivity index is 1.78. The summed E-state index contributed by atoms with van der Waals surface area (Å²) in [6.45, 7) is 1.84. The van der Waals surface area contributed by atoms with E-state index in [0.29, 0.717) is 21.3 Å². The number of nitrogens with zero attached hydrogens (tertiary/aromatic N) is 3. The molecular weight excluding hydrogens is 570 g/mol. The van der Waals surface area contributed by atoms with Crippen LogP contribution in [0.5, 0.6) is 5.75 Å². The number of rotatable bonds is 7. The maximum absolute atomic E-state index is 14.6. The highest BCUT2D eigenvalue weighted by atomic mass is 79.9. The van der Waals surface area contributed by atoms with Crippen molar-refractivity contribution in [3.8, 4) is 11.8 Å². The van der Waals surface area contributed by atoms with Crippen molar-refractivity contribution in [1.29, 1.82) is 5.26 Å². The summed E-state index contributed by atoms with van der Waals surface area (Å²) in [7, 11) is 5.45. The summed E-state index contributed by atoms with van der Waals surface area (Å²) in [6, 6.07) is 21.4. The van der Waals surface area contributed by atoms with Crippen molar-refractivity contribution in [2.75, 3.05) is 37.6 Å². The van der Waals surface area contributed by atoms with Crippen LogP contribution >= 0.6 is 15.9 Å². The molecule has 0 aromatic heterocycles. The van der Waals surface area contributed by atoms with E-state index in [1.807, 2.05) is 84.6 Å². The average Bonchev–Trinajstić information content (AvgIpc) is 3.28. The molecule has 0 saturated carbocycles. The van der Waals surface area contributed by atoms with Gasteiger partial charge in [-0.15, -0.1) is 0 Å². The number of para-hydroxylation sites is 1. The van der Waals surface area contributed by atoms with Crippen LogP contribution in [0.2, 0.25) is 0 Å². The van der Waals surface area contributed by atoms with E-state index in [1.54, 1.807) is 32.2 Å². The molecule has 4 atom stereocenters. The SMILES string of the molecule is CCOC(=O)[C@@]1(C#N)[C@@H]2C=Cc3ccccc3N2[C@H](C(=O)c2ccc(OC)c(Br)c2)[C@@H]1c1ccc(N(C)C)cc1. The second-order valence-electron chi connectivity index (χ2n) is 10.1. The number of hydrogen-bond acceptors (Lipinski definition) is 7. The molecule has 0 N–H and O–H groups in total. The van der Waals surface area contributed by atoms with Crippen molar-refractivity contribution in [2.45, 2.75) is 24.9 Å². The van der Waals surface area contributed by atoms with Crippen LogP contribution < -0.4 is 14.5 Å². The Morgan fingerprint density at radius 1 is 1.10 bits per heavy atom. The molecule has 204 valence electrons. The van der Waals surface area contributed by atoms with Gasteiger partial charge < -0.3 is 19.3 Å². The number of nitriles is 1. The van der Waals surface area contributed by atoms with Gasteiger partial charge in [-0.2, -0.15) is 5.26 Å². The summed E-state index contributed by atoms with van der Waals surface area (Å²) in [6.07, 6.45) is 3.78. The summed E-state index contributed by atoms with van der Waals surface area (Å²) in [5.41, 5.74) is 2.14. The topological polar surface area (TPSA) is 82.9 Å². The lowest BCUT2D eigenvalue weighted by Crippen LogP contribution is -2.47.